The Morgan fingerprint density at radius 2 is 1.86 bits per heavy atom. The molecule has 0 aliphatic heterocycles. The Bertz CT molecular complexity index is 731. The summed E-state index contributed by atoms with van der Waals surface area (Å²) in [5.74, 6) is -2.00. The van der Waals surface area contributed by atoms with Crippen LogP contribution in [0.2, 0.25) is 0 Å². The molecule has 0 aromatic rings. The number of aliphatic hydroxyl groups is 1. The van der Waals surface area contributed by atoms with E-state index in [1.807, 2.05) is 0 Å². The molecule has 0 aromatic carbocycles. The van der Waals surface area contributed by atoms with Gasteiger partial charge in [0, 0.05) is 34.0 Å². The van der Waals surface area contributed by atoms with Crippen LogP contribution >= 0.6 is 0 Å². The van der Waals surface area contributed by atoms with Crippen LogP contribution in [-0.4, -0.2) is 60.5 Å². The van der Waals surface area contributed by atoms with Crippen LogP contribution in [0.25, 0.3) is 0 Å². The van der Waals surface area contributed by atoms with Crippen molar-refractivity contribution < 1.29 is 33.1 Å². The van der Waals surface area contributed by atoms with Gasteiger partial charge >= 0.3 is 11.9 Å². The molecule has 0 heterocycles. The summed E-state index contributed by atoms with van der Waals surface area (Å²) < 4.78 is 28.7. The number of esters is 2. The van der Waals surface area contributed by atoms with Crippen LogP contribution in [0.5, 0.6) is 0 Å². The molecule has 0 amide bonds. The van der Waals surface area contributed by atoms with Crippen LogP contribution in [0.15, 0.2) is 11.0 Å². The number of aliphatic hydroxyl groups excluding tert-OH is 1. The van der Waals surface area contributed by atoms with Crippen molar-refractivity contribution >= 4 is 22.7 Å². The molecule has 2 bridgehead atoms. The molecule has 3 aliphatic rings. The standard InChI is InChI=1S/C21H32O7S/c1-20(2)12-6-7-21(20,16(22)8-12)11-29(25)13-9-14(18(23)27-4)17(19(24)28-5)15(10-13)26-3/h10,12,14-17,22H,6-9,11H2,1-5H3/t12-,14-,15+,16-,17-,21-,29?/m1/s1. The first kappa shape index (κ1) is 22.4. The van der Waals surface area contributed by atoms with Crippen molar-refractivity contribution in [1.29, 1.82) is 0 Å². The predicted molar refractivity (Wildman–Crippen MR) is 107 cm³/mol. The lowest BCUT2D eigenvalue weighted by Gasteiger charge is -2.41. The highest BCUT2D eigenvalue weighted by Crippen LogP contribution is 2.66. The fourth-order valence-corrected chi connectivity index (χ4v) is 7.85. The van der Waals surface area contributed by atoms with Gasteiger partial charge in [0.1, 0.15) is 5.92 Å². The fraction of sp³-hybridized carbons (Fsp3) is 0.810. The van der Waals surface area contributed by atoms with E-state index in [0.717, 1.165) is 19.3 Å². The van der Waals surface area contributed by atoms with E-state index in [-0.39, 0.29) is 11.8 Å². The van der Waals surface area contributed by atoms with Gasteiger partial charge in [-0.1, -0.05) is 13.8 Å². The second-order valence-electron chi connectivity index (χ2n) is 9.07. The molecule has 2 fully saturated rings. The van der Waals surface area contributed by atoms with Crippen molar-refractivity contribution in [3.05, 3.63) is 11.0 Å². The number of hydrogen-bond donors (Lipinski definition) is 1. The molecule has 3 aliphatic carbocycles. The normalized spacial score (nSPS) is 39.0. The molecule has 8 heteroatoms. The third-order valence-electron chi connectivity index (χ3n) is 7.88. The monoisotopic (exact) mass is 428 g/mol. The topological polar surface area (TPSA) is 99.1 Å². The number of fused-ring (bicyclic) bond motifs is 2. The van der Waals surface area contributed by atoms with Gasteiger partial charge in [0.25, 0.3) is 0 Å². The van der Waals surface area contributed by atoms with E-state index in [1.165, 1.54) is 21.3 Å². The van der Waals surface area contributed by atoms with E-state index in [4.69, 9.17) is 14.2 Å². The van der Waals surface area contributed by atoms with Gasteiger partial charge in [-0.3, -0.25) is 13.8 Å². The number of carbonyl (C=O) groups is 2. The lowest BCUT2D eigenvalue weighted by molar-refractivity contribution is -0.162. The van der Waals surface area contributed by atoms with Crippen LogP contribution in [0.4, 0.5) is 0 Å². The average molecular weight is 429 g/mol. The van der Waals surface area contributed by atoms with Crippen molar-refractivity contribution in [2.24, 2.45) is 28.6 Å². The molecular weight excluding hydrogens is 396 g/mol. The molecule has 2 saturated carbocycles. The third kappa shape index (κ3) is 3.47. The Morgan fingerprint density at radius 3 is 2.34 bits per heavy atom. The summed E-state index contributed by atoms with van der Waals surface area (Å²) in [4.78, 5) is 25.3. The quantitative estimate of drug-likeness (QED) is 0.644. The van der Waals surface area contributed by atoms with Crippen molar-refractivity contribution in [1.82, 2.24) is 0 Å². The van der Waals surface area contributed by atoms with Crippen molar-refractivity contribution in [3.8, 4) is 0 Å². The Balaban J connectivity index is 1.89. The molecule has 0 saturated heterocycles. The first-order valence-electron chi connectivity index (χ1n) is 10.1. The van der Waals surface area contributed by atoms with Crippen LogP contribution in [0, 0.1) is 28.6 Å². The third-order valence-corrected chi connectivity index (χ3v) is 9.54. The van der Waals surface area contributed by atoms with Crippen LogP contribution < -0.4 is 0 Å². The van der Waals surface area contributed by atoms with Gasteiger partial charge in [0.05, 0.1) is 32.3 Å². The summed E-state index contributed by atoms with van der Waals surface area (Å²) in [5.41, 5.74) is -0.486. The number of methoxy groups -OCH3 is 3. The van der Waals surface area contributed by atoms with E-state index in [2.05, 4.69) is 13.8 Å². The van der Waals surface area contributed by atoms with E-state index < -0.39 is 52.2 Å². The zero-order valence-electron chi connectivity index (χ0n) is 17.8. The van der Waals surface area contributed by atoms with Gasteiger partial charge in [-0.25, -0.2) is 0 Å². The summed E-state index contributed by atoms with van der Waals surface area (Å²) in [5, 5.41) is 10.8. The number of ether oxygens (including phenoxy) is 3. The summed E-state index contributed by atoms with van der Waals surface area (Å²) >= 11 is 0. The van der Waals surface area contributed by atoms with E-state index >= 15 is 0 Å². The molecule has 29 heavy (non-hydrogen) atoms. The van der Waals surface area contributed by atoms with E-state index in [1.54, 1.807) is 6.08 Å². The van der Waals surface area contributed by atoms with E-state index in [9.17, 15) is 18.9 Å². The van der Waals surface area contributed by atoms with Crippen molar-refractivity contribution in [2.75, 3.05) is 27.1 Å². The lowest BCUT2D eigenvalue weighted by Crippen LogP contribution is -2.45. The molecule has 7 atom stereocenters. The number of carbonyl (C=O) groups excluding carboxylic acids is 2. The highest BCUT2D eigenvalue weighted by molar-refractivity contribution is 7.89. The maximum atomic E-state index is 13.4. The zero-order chi connectivity index (χ0) is 21.6. The minimum absolute atomic E-state index is 0.0890. The Labute approximate surface area is 174 Å². The van der Waals surface area contributed by atoms with Crippen LogP contribution in [0.1, 0.15) is 39.5 Å². The average Bonchev–Trinajstić information content (AvgIpc) is 3.05. The second-order valence-corrected chi connectivity index (χ2v) is 10.6. The second kappa shape index (κ2) is 8.12. The fourth-order valence-electron chi connectivity index (χ4n) is 5.83. The summed E-state index contributed by atoms with van der Waals surface area (Å²) in [7, 11) is 2.57. The minimum Gasteiger partial charge on any atom is -0.469 e. The maximum Gasteiger partial charge on any atom is 0.312 e. The maximum absolute atomic E-state index is 13.4. The van der Waals surface area contributed by atoms with Gasteiger partial charge in [-0.2, -0.15) is 0 Å². The molecule has 0 aromatic heterocycles. The molecule has 0 radical (unpaired) electrons. The molecule has 3 rings (SSSR count). The molecule has 164 valence electrons. The molecule has 1 unspecified atom stereocenters. The van der Waals surface area contributed by atoms with Gasteiger partial charge in [-0.15, -0.1) is 0 Å². The Hall–Kier alpha value is -1.25. The van der Waals surface area contributed by atoms with Gasteiger partial charge in [0.2, 0.25) is 0 Å². The molecule has 7 nitrogen and oxygen atoms in total. The summed E-state index contributed by atoms with van der Waals surface area (Å²) in [6, 6.07) is 0. The first-order valence-corrected chi connectivity index (χ1v) is 11.4. The Morgan fingerprint density at radius 1 is 1.21 bits per heavy atom. The lowest BCUT2D eigenvalue weighted by atomic mass is 9.70. The van der Waals surface area contributed by atoms with Gasteiger partial charge in [-0.05, 0) is 43.1 Å². The summed E-state index contributed by atoms with van der Waals surface area (Å²) in [6.45, 7) is 4.33. The number of rotatable bonds is 6. The SMILES string of the molecule is COC(=O)[C@H]1[C@@H](OC)C=C(S(=O)C[C@]23CC[C@H](C[C@H]2O)C3(C)C)C[C@H]1C(=O)OC. The molecule has 0 spiro atoms. The van der Waals surface area contributed by atoms with Crippen LogP contribution in [0.3, 0.4) is 0 Å². The largest absolute Gasteiger partial charge is 0.469 e. The predicted octanol–water partition coefficient (Wildman–Crippen LogP) is 1.80. The zero-order valence-corrected chi connectivity index (χ0v) is 18.6. The number of allylic oxidation sites excluding steroid dienone is 1. The van der Waals surface area contributed by atoms with Crippen molar-refractivity contribution in [2.45, 2.75) is 51.7 Å². The van der Waals surface area contributed by atoms with Crippen molar-refractivity contribution in [3.63, 3.8) is 0 Å². The van der Waals surface area contributed by atoms with Crippen LogP contribution in [-0.2, 0) is 34.6 Å². The molecular formula is C21H32O7S. The number of hydrogen-bond acceptors (Lipinski definition) is 7. The minimum atomic E-state index is -1.41. The summed E-state index contributed by atoms with van der Waals surface area (Å²) in [6.07, 6.45) is 3.28. The van der Waals surface area contributed by atoms with E-state index in [0.29, 0.717) is 16.6 Å². The van der Waals surface area contributed by atoms with Gasteiger partial charge < -0.3 is 19.3 Å². The highest BCUT2D eigenvalue weighted by Gasteiger charge is 2.64. The van der Waals surface area contributed by atoms with Gasteiger partial charge in [0.15, 0.2) is 0 Å². The smallest absolute Gasteiger partial charge is 0.312 e. The molecule has 1 N–H and O–H groups in total. The first-order chi connectivity index (χ1) is 13.6. The highest BCUT2D eigenvalue weighted by atomic mass is 32.2. The Kier molecular flexibility index (Phi) is 6.28.